The van der Waals surface area contributed by atoms with Crippen molar-refractivity contribution in [3.8, 4) is 0 Å². The van der Waals surface area contributed by atoms with Crippen LogP contribution in [0.1, 0.15) is 76.0 Å². The van der Waals surface area contributed by atoms with Crippen molar-refractivity contribution in [1.82, 2.24) is 0 Å². The lowest BCUT2D eigenvalue weighted by atomic mass is 9.83. The van der Waals surface area contributed by atoms with E-state index in [1.165, 1.54) is 64.9 Å². The van der Waals surface area contributed by atoms with Gasteiger partial charge >= 0.3 is 0 Å². The minimum atomic E-state index is 0.494. The van der Waals surface area contributed by atoms with Crippen molar-refractivity contribution in [2.75, 3.05) is 0 Å². The zero-order chi connectivity index (χ0) is 29.8. The van der Waals surface area contributed by atoms with Crippen LogP contribution in [0, 0.1) is 12.8 Å². The monoisotopic (exact) mass is 581 g/mol. The van der Waals surface area contributed by atoms with Gasteiger partial charge < -0.3 is 0 Å². The standard InChI is InChI=1S/C41H43NS/c1-5-8-15-29(7-3)41-34-17-10-9-16-30(34)27-37(35-18-11-12-19-36(35)41)31-23-25-40-32(26-31)22-24-33(14-6-2)42-38-20-13-21-39(43-40)28(38)4/h7-13,15-21,23,25,32H,5-6,14,22,24,26-27H2,1-4H3/b15-8-,29-7+,42-33?. The number of aliphatic imine (C=N–C) groups is 1. The Morgan fingerprint density at radius 3 is 2.58 bits per heavy atom. The quantitative estimate of drug-likeness (QED) is 0.264. The molecule has 218 valence electrons. The van der Waals surface area contributed by atoms with Crippen LogP contribution in [0.2, 0.25) is 0 Å². The molecule has 2 aliphatic carbocycles. The maximum atomic E-state index is 5.20. The largest absolute Gasteiger partial charge is 0.258 e. The van der Waals surface area contributed by atoms with Gasteiger partial charge in [0.1, 0.15) is 0 Å². The zero-order valence-corrected chi connectivity index (χ0v) is 26.9. The first kappa shape index (κ1) is 29.5. The molecule has 2 bridgehead atoms. The van der Waals surface area contributed by atoms with Gasteiger partial charge in [-0.25, -0.2) is 0 Å². The molecule has 6 rings (SSSR count). The molecule has 0 N–H and O–H groups in total. The van der Waals surface area contributed by atoms with Crippen molar-refractivity contribution < 1.29 is 0 Å². The van der Waals surface area contributed by atoms with Crippen molar-refractivity contribution in [3.63, 3.8) is 0 Å². The highest BCUT2D eigenvalue weighted by molar-refractivity contribution is 8.03. The molecule has 1 unspecified atom stereocenters. The molecule has 0 saturated heterocycles. The van der Waals surface area contributed by atoms with E-state index in [2.05, 4.69) is 125 Å². The summed E-state index contributed by atoms with van der Waals surface area (Å²) in [5.74, 6) is 0.494. The first-order chi connectivity index (χ1) is 21.1. The van der Waals surface area contributed by atoms with Crippen LogP contribution in [0.5, 0.6) is 0 Å². The third-order valence-electron chi connectivity index (χ3n) is 9.10. The average Bonchev–Trinajstić information content (AvgIpc) is 3.17. The van der Waals surface area contributed by atoms with Crippen molar-refractivity contribution >= 4 is 34.3 Å². The smallest absolute Gasteiger partial charge is 0.0669 e. The molecule has 0 saturated carbocycles. The molecular weight excluding hydrogens is 539 g/mol. The van der Waals surface area contributed by atoms with Crippen molar-refractivity contribution in [2.45, 2.75) is 77.5 Å². The van der Waals surface area contributed by atoms with Gasteiger partial charge in [0.25, 0.3) is 0 Å². The van der Waals surface area contributed by atoms with Crippen molar-refractivity contribution in [3.05, 3.63) is 140 Å². The van der Waals surface area contributed by atoms with E-state index >= 15 is 0 Å². The fraction of sp³-hybridized carbons (Fsp3) is 0.293. The van der Waals surface area contributed by atoms with Gasteiger partial charge in [0.2, 0.25) is 0 Å². The van der Waals surface area contributed by atoms with Crippen LogP contribution < -0.4 is 10.4 Å². The molecule has 0 fully saturated rings. The van der Waals surface area contributed by atoms with Gasteiger partial charge in [-0.3, -0.25) is 4.99 Å². The van der Waals surface area contributed by atoms with Gasteiger partial charge in [-0.05, 0) is 125 Å². The minimum absolute atomic E-state index is 0.494. The number of benzene rings is 3. The van der Waals surface area contributed by atoms with Gasteiger partial charge in [0.05, 0.1) is 5.69 Å². The van der Waals surface area contributed by atoms with Gasteiger partial charge in [-0.1, -0.05) is 117 Å². The van der Waals surface area contributed by atoms with E-state index < -0.39 is 0 Å². The van der Waals surface area contributed by atoms with Crippen LogP contribution in [0.15, 0.2) is 123 Å². The summed E-state index contributed by atoms with van der Waals surface area (Å²) in [4.78, 5) is 8.04. The third-order valence-corrected chi connectivity index (χ3v) is 10.5. The molecule has 0 radical (unpaired) electrons. The highest BCUT2D eigenvalue weighted by atomic mass is 32.2. The normalized spacial score (nSPS) is 18.7. The Morgan fingerprint density at radius 2 is 1.77 bits per heavy atom. The fourth-order valence-electron chi connectivity index (χ4n) is 6.82. The fourth-order valence-corrected chi connectivity index (χ4v) is 7.98. The molecular formula is C41H43NS. The maximum absolute atomic E-state index is 5.20. The molecule has 0 aromatic heterocycles. The summed E-state index contributed by atoms with van der Waals surface area (Å²) in [6.45, 7) is 8.89. The van der Waals surface area contributed by atoms with E-state index in [0.717, 1.165) is 50.6 Å². The second-order valence-electron chi connectivity index (χ2n) is 11.9. The van der Waals surface area contributed by atoms with Crippen LogP contribution in [-0.2, 0) is 6.42 Å². The first-order valence-corrected chi connectivity index (χ1v) is 16.9. The zero-order valence-electron chi connectivity index (χ0n) is 26.1. The molecule has 2 heteroatoms. The number of thioether (sulfide) groups is 1. The predicted octanol–water partition coefficient (Wildman–Crippen LogP) is 10.1. The summed E-state index contributed by atoms with van der Waals surface area (Å²) in [5.41, 5.74) is 12.2. The molecule has 1 atom stereocenters. The van der Waals surface area contributed by atoms with E-state index in [1.807, 2.05) is 11.8 Å². The summed E-state index contributed by atoms with van der Waals surface area (Å²) >= 11 is 1.96. The molecule has 1 nitrogen and oxygen atoms in total. The van der Waals surface area contributed by atoms with E-state index in [9.17, 15) is 0 Å². The van der Waals surface area contributed by atoms with Gasteiger partial charge in [-0.15, -0.1) is 0 Å². The van der Waals surface area contributed by atoms with Gasteiger partial charge in [-0.2, -0.15) is 0 Å². The van der Waals surface area contributed by atoms with Crippen molar-refractivity contribution in [2.24, 2.45) is 10.9 Å². The summed E-state index contributed by atoms with van der Waals surface area (Å²) in [6, 6.07) is 24.8. The highest BCUT2D eigenvalue weighted by Crippen LogP contribution is 2.45. The topological polar surface area (TPSA) is 12.4 Å². The molecule has 1 heterocycles. The molecule has 1 aliphatic heterocycles. The van der Waals surface area contributed by atoms with Crippen molar-refractivity contribution in [1.29, 1.82) is 0 Å². The second-order valence-corrected chi connectivity index (χ2v) is 13.0. The Kier molecular flexibility index (Phi) is 9.14. The SMILES string of the molecule is C/C=C(\C=C/CC)C1=c2ccccc2=C(C2=CC=C3Sc4cccc(c4C)N=C(CCC)CCC3C2)Cc2ccccc21. The van der Waals surface area contributed by atoms with Gasteiger partial charge in [0, 0.05) is 10.6 Å². The molecule has 3 aromatic carbocycles. The summed E-state index contributed by atoms with van der Waals surface area (Å²) in [6.07, 6.45) is 19.2. The van der Waals surface area contributed by atoms with E-state index in [1.54, 1.807) is 0 Å². The third kappa shape index (κ3) is 6.08. The Morgan fingerprint density at radius 1 is 0.953 bits per heavy atom. The van der Waals surface area contributed by atoms with E-state index in [0.29, 0.717) is 5.92 Å². The Balaban J connectivity index is 1.52. The molecule has 43 heavy (non-hydrogen) atoms. The number of hydrogen-bond donors (Lipinski definition) is 0. The lowest BCUT2D eigenvalue weighted by Crippen LogP contribution is -2.30. The Bertz CT molecular complexity index is 1810. The second kappa shape index (κ2) is 13.3. The summed E-state index contributed by atoms with van der Waals surface area (Å²) in [7, 11) is 0. The lowest BCUT2D eigenvalue weighted by Gasteiger charge is -2.28. The van der Waals surface area contributed by atoms with E-state index in [-0.39, 0.29) is 0 Å². The summed E-state index contributed by atoms with van der Waals surface area (Å²) < 4.78 is 0. The first-order valence-electron chi connectivity index (χ1n) is 16.1. The lowest BCUT2D eigenvalue weighted by molar-refractivity contribution is 0.588. The Hall–Kier alpha value is -3.62. The summed E-state index contributed by atoms with van der Waals surface area (Å²) in [5, 5.41) is 2.72. The number of hydrogen-bond acceptors (Lipinski definition) is 2. The Labute approximate surface area is 262 Å². The van der Waals surface area contributed by atoms with E-state index in [4.69, 9.17) is 4.99 Å². The minimum Gasteiger partial charge on any atom is -0.258 e. The number of nitrogens with zero attached hydrogens (tertiary/aromatic N) is 1. The molecule has 3 aromatic rings. The number of rotatable bonds is 6. The van der Waals surface area contributed by atoms with Crippen LogP contribution in [0.4, 0.5) is 5.69 Å². The predicted molar refractivity (Wildman–Crippen MR) is 187 cm³/mol. The van der Waals surface area contributed by atoms with Crippen LogP contribution in [0.3, 0.4) is 0 Å². The maximum Gasteiger partial charge on any atom is 0.0669 e. The van der Waals surface area contributed by atoms with Gasteiger partial charge in [0.15, 0.2) is 0 Å². The molecule has 0 spiro atoms. The van der Waals surface area contributed by atoms with Crippen LogP contribution in [0.25, 0.3) is 11.1 Å². The highest BCUT2D eigenvalue weighted by Gasteiger charge is 2.26. The number of fused-ring (bicyclic) bond motifs is 5. The van der Waals surface area contributed by atoms with Crippen LogP contribution in [-0.4, -0.2) is 5.71 Å². The molecule has 3 aliphatic rings. The van der Waals surface area contributed by atoms with Crippen LogP contribution >= 0.6 is 11.8 Å². The average molecular weight is 582 g/mol. The number of allylic oxidation sites excluding steroid dienone is 8. The molecule has 0 amide bonds.